The molecule has 1 aromatic heterocycles. The molecule has 1 aromatic rings. The highest BCUT2D eigenvalue weighted by Crippen LogP contribution is 2.14. The first-order valence-corrected chi connectivity index (χ1v) is 7.90. The van der Waals surface area contributed by atoms with Gasteiger partial charge in [-0.15, -0.1) is 6.58 Å². The maximum Gasteiger partial charge on any atom is 0.0762 e. The van der Waals surface area contributed by atoms with E-state index in [0.717, 1.165) is 43.1 Å². The molecule has 0 aliphatic heterocycles. The average Bonchev–Trinajstić information content (AvgIpc) is 2.84. The number of hydrogen-bond acceptors (Lipinski definition) is 3. The molecule has 0 aromatic carbocycles. The molecular formula is C14H25N3S. The van der Waals surface area contributed by atoms with Crippen LogP contribution in [0.15, 0.2) is 24.9 Å². The van der Waals surface area contributed by atoms with Gasteiger partial charge in [0.2, 0.25) is 0 Å². The van der Waals surface area contributed by atoms with Crippen molar-refractivity contribution in [1.82, 2.24) is 15.1 Å². The largest absolute Gasteiger partial charge is 0.310 e. The second-order valence-electron chi connectivity index (χ2n) is 4.30. The zero-order chi connectivity index (χ0) is 13.2. The molecule has 0 unspecified atom stereocenters. The van der Waals surface area contributed by atoms with Crippen LogP contribution in [0, 0.1) is 0 Å². The van der Waals surface area contributed by atoms with Crippen LogP contribution in [0.25, 0.3) is 0 Å². The van der Waals surface area contributed by atoms with Crippen molar-refractivity contribution >= 4 is 11.8 Å². The van der Waals surface area contributed by atoms with E-state index < -0.39 is 0 Å². The number of aromatic nitrogens is 2. The minimum Gasteiger partial charge on any atom is -0.310 e. The summed E-state index contributed by atoms with van der Waals surface area (Å²) >= 11 is 1.90. The smallest absolute Gasteiger partial charge is 0.0762 e. The van der Waals surface area contributed by atoms with E-state index in [0.29, 0.717) is 6.04 Å². The molecule has 4 heteroatoms. The molecule has 0 bridgehead atoms. The Kier molecular flexibility index (Phi) is 7.85. The van der Waals surface area contributed by atoms with Crippen LogP contribution in [0.2, 0.25) is 0 Å². The molecular weight excluding hydrogens is 242 g/mol. The van der Waals surface area contributed by atoms with Gasteiger partial charge in [-0.1, -0.05) is 19.9 Å². The minimum absolute atomic E-state index is 0.543. The fourth-order valence-corrected chi connectivity index (χ4v) is 2.49. The van der Waals surface area contributed by atoms with Crippen LogP contribution < -0.4 is 5.32 Å². The van der Waals surface area contributed by atoms with Crippen LogP contribution in [-0.2, 0) is 6.54 Å². The van der Waals surface area contributed by atoms with Crippen LogP contribution in [0.3, 0.4) is 0 Å². The molecule has 0 radical (unpaired) electrons. The van der Waals surface area contributed by atoms with Gasteiger partial charge >= 0.3 is 0 Å². The first kappa shape index (κ1) is 15.3. The zero-order valence-electron chi connectivity index (χ0n) is 11.6. The average molecular weight is 267 g/mol. The molecule has 18 heavy (non-hydrogen) atoms. The van der Waals surface area contributed by atoms with Crippen molar-refractivity contribution in [1.29, 1.82) is 0 Å². The number of hydrogen-bond donors (Lipinski definition) is 1. The van der Waals surface area contributed by atoms with Crippen LogP contribution in [0.5, 0.6) is 0 Å². The van der Waals surface area contributed by atoms with Gasteiger partial charge in [-0.3, -0.25) is 4.68 Å². The molecule has 0 aliphatic rings. The van der Waals surface area contributed by atoms with Crippen LogP contribution in [0.1, 0.15) is 38.4 Å². The Hall–Kier alpha value is -0.740. The highest BCUT2D eigenvalue weighted by Gasteiger charge is 2.07. The summed E-state index contributed by atoms with van der Waals surface area (Å²) < 4.78 is 2.10. The summed E-state index contributed by atoms with van der Waals surface area (Å²) in [5, 5.41) is 8.04. The predicted molar refractivity (Wildman–Crippen MR) is 81.1 cm³/mol. The van der Waals surface area contributed by atoms with E-state index in [1.165, 1.54) is 0 Å². The molecule has 0 aliphatic carbocycles. The van der Waals surface area contributed by atoms with E-state index in [2.05, 4.69) is 47.8 Å². The van der Waals surface area contributed by atoms with Crippen molar-refractivity contribution in [3.05, 3.63) is 30.6 Å². The third kappa shape index (κ3) is 5.27. The Bertz CT molecular complexity index is 332. The molecule has 1 N–H and O–H groups in total. The van der Waals surface area contributed by atoms with Crippen molar-refractivity contribution < 1.29 is 0 Å². The molecule has 1 heterocycles. The summed E-state index contributed by atoms with van der Waals surface area (Å²) in [6, 6.07) is 2.66. The lowest BCUT2D eigenvalue weighted by atomic mass is 10.2. The molecule has 102 valence electrons. The van der Waals surface area contributed by atoms with Gasteiger partial charge in [-0.2, -0.15) is 16.9 Å². The topological polar surface area (TPSA) is 29.9 Å². The molecule has 0 saturated carbocycles. The van der Waals surface area contributed by atoms with E-state index in [1.807, 2.05) is 17.8 Å². The fourth-order valence-electron chi connectivity index (χ4n) is 1.87. The highest BCUT2D eigenvalue weighted by atomic mass is 32.2. The summed E-state index contributed by atoms with van der Waals surface area (Å²) in [7, 11) is 0. The molecule has 0 atom stereocenters. The van der Waals surface area contributed by atoms with Gasteiger partial charge in [0.25, 0.3) is 0 Å². The summed E-state index contributed by atoms with van der Waals surface area (Å²) in [4.78, 5) is 0. The maximum atomic E-state index is 4.62. The van der Waals surface area contributed by atoms with Crippen LogP contribution >= 0.6 is 11.8 Å². The third-order valence-corrected chi connectivity index (χ3v) is 3.91. The quantitative estimate of drug-likeness (QED) is 0.521. The van der Waals surface area contributed by atoms with Crippen molar-refractivity contribution in [2.45, 2.75) is 39.3 Å². The minimum atomic E-state index is 0.543. The first-order valence-electron chi connectivity index (χ1n) is 6.75. The Morgan fingerprint density at radius 1 is 1.50 bits per heavy atom. The van der Waals surface area contributed by atoms with E-state index in [-0.39, 0.29) is 0 Å². The van der Waals surface area contributed by atoms with Crippen LogP contribution in [-0.4, -0.2) is 27.8 Å². The Labute approximate surface area is 115 Å². The van der Waals surface area contributed by atoms with Crippen molar-refractivity contribution in [3.8, 4) is 0 Å². The second-order valence-corrected chi connectivity index (χ2v) is 5.45. The lowest BCUT2D eigenvalue weighted by Crippen LogP contribution is -2.17. The van der Waals surface area contributed by atoms with E-state index in [1.54, 1.807) is 0 Å². The summed E-state index contributed by atoms with van der Waals surface area (Å²) in [5.74, 6) is 2.16. The fraction of sp³-hybridized carbons (Fsp3) is 0.643. The summed E-state index contributed by atoms with van der Waals surface area (Å²) in [6.07, 6.45) is 6.33. The number of thioether (sulfide) groups is 1. The SMILES string of the molecule is C=CCSCCNCc1ccn(C(CC)CC)n1. The van der Waals surface area contributed by atoms with Gasteiger partial charge in [0, 0.05) is 30.8 Å². The Morgan fingerprint density at radius 2 is 2.28 bits per heavy atom. The molecule has 0 spiro atoms. The second kappa shape index (κ2) is 9.22. The van der Waals surface area contributed by atoms with E-state index in [9.17, 15) is 0 Å². The number of rotatable bonds is 10. The predicted octanol–water partition coefficient (Wildman–Crippen LogP) is 3.25. The lowest BCUT2D eigenvalue weighted by Gasteiger charge is -2.12. The lowest BCUT2D eigenvalue weighted by molar-refractivity contribution is 0.424. The zero-order valence-corrected chi connectivity index (χ0v) is 12.4. The maximum absolute atomic E-state index is 4.62. The molecule has 1 rings (SSSR count). The van der Waals surface area contributed by atoms with Gasteiger partial charge < -0.3 is 5.32 Å². The third-order valence-electron chi connectivity index (χ3n) is 2.95. The van der Waals surface area contributed by atoms with Crippen molar-refractivity contribution in [2.24, 2.45) is 0 Å². The standard InChI is InChI=1S/C14H25N3S/c1-4-10-18-11-8-15-12-13-7-9-17(16-13)14(5-2)6-3/h4,7,9,14-15H,1,5-6,8,10-12H2,2-3H3. The van der Waals surface area contributed by atoms with Gasteiger partial charge in [-0.05, 0) is 18.9 Å². The summed E-state index contributed by atoms with van der Waals surface area (Å²) in [5.41, 5.74) is 1.13. The van der Waals surface area contributed by atoms with E-state index in [4.69, 9.17) is 0 Å². The molecule has 0 fully saturated rings. The molecule has 3 nitrogen and oxygen atoms in total. The number of nitrogens with zero attached hydrogens (tertiary/aromatic N) is 2. The van der Waals surface area contributed by atoms with Gasteiger partial charge in [0.15, 0.2) is 0 Å². The first-order chi connectivity index (χ1) is 8.81. The van der Waals surface area contributed by atoms with Crippen LogP contribution in [0.4, 0.5) is 0 Å². The van der Waals surface area contributed by atoms with Gasteiger partial charge in [0.05, 0.1) is 11.7 Å². The molecule has 0 amide bonds. The Balaban J connectivity index is 2.24. The van der Waals surface area contributed by atoms with Gasteiger partial charge in [-0.25, -0.2) is 0 Å². The monoisotopic (exact) mass is 267 g/mol. The highest BCUT2D eigenvalue weighted by molar-refractivity contribution is 7.99. The van der Waals surface area contributed by atoms with Crippen molar-refractivity contribution in [3.63, 3.8) is 0 Å². The normalized spacial score (nSPS) is 11.1. The van der Waals surface area contributed by atoms with E-state index >= 15 is 0 Å². The number of nitrogens with one attached hydrogen (secondary N) is 1. The molecule has 0 saturated heterocycles. The summed E-state index contributed by atoms with van der Waals surface area (Å²) in [6.45, 7) is 10.0. The van der Waals surface area contributed by atoms with Crippen molar-refractivity contribution in [2.75, 3.05) is 18.1 Å². The Morgan fingerprint density at radius 3 is 2.94 bits per heavy atom. The van der Waals surface area contributed by atoms with Gasteiger partial charge in [0.1, 0.15) is 0 Å².